The minimum absolute atomic E-state index is 0.284. The quantitative estimate of drug-likeness (QED) is 0.477. The molecule has 1 saturated heterocycles. The largest absolute Gasteiger partial charge is 0.390 e. The van der Waals surface area contributed by atoms with Crippen LogP contribution >= 0.6 is 0 Å². The van der Waals surface area contributed by atoms with Crippen molar-refractivity contribution in [2.45, 2.75) is 31.0 Å². The molecule has 1 aliphatic rings. The summed E-state index contributed by atoms with van der Waals surface area (Å²) in [7, 11) is 1.51. The second-order valence-electron chi connectivity index (χ2n) is 2.90. The molecule has 0 radical (unpaired) electrons. The third-order valence-corrected chi connectivity index (χ3v) is 1.88. The Morgan fingerprint density at radius 1 is 1.42 bits per heavy atom. The van der Waals surface area contributed by atoms with Gasteiger partial charge in [0.2, 0.25) is 0 Å². The van der Waals surface area contributed by atoms with E-state index in [0.29, 0.717) is 6.61 Å². The summed E-state index contributed by atoms with van der Waals surface area (Å²) < 4.78 is 9.71. The first-order chi connectivity index (χ1) is 5.65. The molecule has 0 spiro atoms. The minimum Gasteiger partial charge on any atom is -0.390 e. The van der Waals surface area contributed by atoms with Gasteiger partial charge in [-0.3, -0.25) is 0 Å². The number of hydrogen-bond donors (Lipinski definition) is 3. The van der Waals surface area contributed by atoms with Gasteiger partial charge in [-0.25, -0.2) is 0 Å². The van der Waals surface area contributed by atoms with E-state index in [9.17, 15) is 5.11 Å². The van der Waals surface area contributed by atoms with Gasteiger partial charge in [0, 0.05) is 13.5 Å². The molecule has 4 atom stereocenters. The average molecular weight is 178 g/mol. The average Bonchev–Trinajstić information content (AvgIpc) is 2.01. The predicted octanol–water partition coefficient (Wildman–Crippen LogP) is -1.54. The fourth-order valence-electron chi connectivity index (χ4n) is 1.23. The Morgan fingerprint density at radius 2 is 2.08 bits per heavy atom. The first-order valence-corrected chi connectivity index (χ1v) is 3.83. The molecule has 0 aromatic rings. The van der Waals surface area contributed by atoms with Crippen LogP contribution in [0.3, 0.4) is 0 Å². The Labute approximate surface area is 70.5 Å². The monoisotopic (exact) mass is 178 g/mol. The van der Waals surface area contributed by atoms with Crippen molar-refractivity contribution in [2.24, 2.45) is 0 Å². The van der Waals surface area contributed by atoms with Gasteiger partial charge in [0.15, 0.2) is 6.29 Å². The molecule has 0 amide bonds. The van der Waals surface area contributed by atoms with Gasteiger partial charge in [0.05, 0.1) is 18.8 Å². The van der Waals surface area contributed by atoms with Crippen LogP contribution in [0.4, 0.5) is 0 Å². The van der Waals surface area contributed by atoms with Crippen molar-refractivity contribution >= 4 is 0 Å². The van der Waals surface area contributed by atoms with Crippen molar-refractivity contribution in [3.05, 3.63) is 0 Å². The van der Waals surface area contributed by atoms with E-state index in [2.05, 4.69) is 0 Å². The molecule has 0 aliphatic carbocycles. The lowest BCUT2D eigenvalue weighted by Crippen LogP contribution is -2.49. The SMILES string of the molecule is COC[C@@H]1C[C@@H](O)[C@@H](O)[C@H](O)O1. The zero-order valence-electron chi connectivity index (χ0n) is 6.88. The van der Waals surface area contributed by atoms with Gasteiger partial charge in [-0.2, -0.15) is 0 Å². The molecule has 1 aliphatic heterocycles. The van der Waals surface area contributed by atoms with Crippen molar-refractivity contribution in [1.82, 2.24) is 0 Å². The molecule has 0 bridgehead atoms. The van der Waals surface area contributed by atoms with Crippen LogP contribution in [0.2, 0.25) is 0 Å². The Balaban J connectivity index is 2.42. The smallest absolute Gasteiger partial charge is 0.183 e. The third kappa shape index (κ3) is 2.15. The van der Waals surface area contributed by atoms with Crippen LogP contribution < -0.4 is 0 Å². The van der Waals surface area contributed by atoms with E-state index in [4.69, 9.17) is 19.7 Å². The summed E-state index contributed by atoms with van der Waals surface area (Å²) in [5.74, 6) is 0. The summed E-state index contributed by atoms with van der Waals surface area (Å²) in [6.07, 6.45) is -3.52. The molecule has 1 fully saturated rings. The van der Waals surface area contributed by atoms with E-state index in [1.807, 2.05) is 0 Å². The molecule has 5 nitrogen and oxygen atoms in total. The Morgan fingerprint density at radius 3 is 2.58 bits per heavy atom. The highest BCUT2D eigenvalue weighted by Gasteiger charge is 2.35. The number of methoxy groups -OCH3 is 1. The van der Waals surface area contributed by atoms with Crippen LogP contribution in [0.5, 0.6) is 0 Å². The zero-order valence-corrected chi connectivity index (χ0v) is 6.88. The van der Waals surface area contributed by atoms with E-state index >= 15 is 0 Å². The van der Waals surface area contributed by atoms with Crippen LogP contribution in [0, 0.1) is 0 Å². The normalized spacial score (nSPS) is 43.0. The summed E-state index contributed by atoms with van der Waals surface area (Å²) in [5.41, 5.74) is 0. The fraction of sp³-hybridized carbons (Fsp3) is 1.00. The molecule has 5 heteroatoms. The van der Waals surface area contributed by atoms with Gasteiger partial charge < -0.3 is 24.8 Å². The van der Waals surface area contributed by atoms with Crippen molar-refractivity contribution in [3.8, 4) is 0 Å². The van der Waals surface area contributed by atoms with Crippen molar-refractivity contribution in [2.75, 3.05) is 13.7 Å². The van der Waals surface area contributed by atoms with Gasteiger partial charge in [-0.05, 0) is 0 Å². The van der Waals surface area contributed by atoms with Gasteiger partial charge in [-0.1, -0.05) is 0 Å². The van der Waals surface area contributed by atoms with Gasteiger partial charge in [-0.15, -0.1) is 0 Å². The first-order valence-electron chi connectivity index (χ1n) is 3.83. The van der Waals surface area contributed by atoms with E-state index in [-0.39, 0.29) is 12.5 Å². The highest BCUT2D eigenvalue weighted by molar-refractivity contribution is 4.79. The van der Waals surface area contributed by atoms with Crippen LogP contribution in [0.15, 0.2) is 0 Å². The lowest BCUT2D eigenvalue weighted by atomic mass is 10.0. The Bertz CT molecular complexity index is 128. The van der Waals surface area contributed by atoms with E-state index < -0.39 is 18.5 Å². The predicted molar refractivity (Wildman–Crippen MR) is 39.4 cm³/mol. The lowest BCUT2D eigenvalue weighted by molar-refractivity contribution is -0.253. The van der Waals surface area contributed by atoms with Gasteiger partial charge in [0.1, 0.15) is 6.10 Å². The highest BCUT2D eigenvalue weighted by atomic mass is 16.6. The fourth-order valence-corrected chi connectivity index (χ4v) is 1.23. The third-order valence-electron chi connectivity index (χ3n) is 1.88. The molecular formula is C7H14O5. The van der Waals surface area contributed by atoms with Gasteiger partial charge in [0.25, 0.3) is 0 Å². The maximum atomic E-state index is 9.20. The molecule has 1 heterocycles. The van der Waals surface area contributed by atoms with Crippen LogP contribution in [-0.2, 0) is 9.47 Å². The number of ether oxygens (including phenoxy) is 2. The molecule has 0 saturated carbocycles. The van der Waals surface area contributed by atoms with Crippen LogP contribution in [-0.4, -0.2) is 53.6 Å². The van der Waals surface area contributed by atoms with Crippen molar-refractivity contribution in [3.63, 3.8) is 0 Å². The van der Waals surface area contributed by atoms with E-state index in [0.717, 1.165) is 0 Å². The molecule has 0 unspecified atom stereocenters. The molecule has 0 aromatic heterocycles. The number of hydrogen-bond acceptors (Lipinski definition) is 5. The Hall–Kier alpha value is -0.200. The molecule has 12 heavy (non-hydrogen) atoms. The summed E-state index contributed by atoms with van der Waals surface area (Å²) >= 11 is 0. The molecule has 1 rings (SSSR count). The van der Waals surface area contributed by atoms with E-state index in [1.54, 1.807) is 0 Å². The summed E-state index contributed by atoms with van der Waals surface area (Å²) in [5, 5.41) is 27.3. The summed E-state index contributed by atoms with van der Waals surface area (Å²) in [6.45, 7) is 0.306. The first kappa shape index (κ1) is 9.88. The molecule has 0 aromatic carbocycles. The second-order valence-corrected chi connectivity index (χ2v) is 2.90. The maximum absolute atomic E-state index is 9.20. The van der Waals surface area contributed by atoms with E-state index in [1.165, 1.54) is 7.11 Å². The lowest BCUT2D eigenvalue weighted by Gasteiger charge is -2.33. The summed E-state index contributed by atoms with van der Waals surface area (Å²) in [4.78, 5) is 0. The minimum atomic E-state index is -1.31. The number of aliphatic hydroxyl groups excluding tert-OH is 3. The standard InChI is InChI=1S/C7H14O5/c1-11-3-4-2-5(8)6(9)7(10)12-4/h4-10H,2-3H2,1H3/t4-,5+,6+,7+/m0/s1. The Kier molecular flexibility index (Phi) is 3.42. The van der Waals surface area contributed by atoms with Crippen LogP contribution in [0.1, 0.15) is 6.42 Å². The van der Waals surface area contributed by atoms with Crippen LogP contribution in [0.25, 0.3) is 0 Å². The zero-order chi connectivity index (χ0) is 9.14. The molecule has 72 valence electrons. The summed E-state index contributed by atoms with van der Waals surface area (Å²) in [6, 6.07) is 0. The highest BCUT2D eigenvalue weighted by Crippen LogP contribution is 2.18. The maximum Gasteiger partial charge on any atom is 0.183 e. The van der Waals surface area contributed by atoms with Gasteiger partial charge >= 0.3 is 0 Å². The topological polar surface area (TPSA) is 79.2 Å². The second kappa shape index (κ2) is 4.15. The van der Waals surface area contributed by atoms with Crippen molar-refractivity contribution < 1.29 is 24.8 Å². The molecular weight excluding hydrogens is 164 g/mol. The number of aliphatic hydroxyl groups is 3. The molecule has 3 N–H and O–H groups in total. The van der Waals surface area contributed by atoms with Crippen molar-refractivity contribution in [1.29, 1.82) is 0 Å². The number of rotatable bonds is 2.